The Balaban J connectivity index is 1.51. The molecule has 1 aromatic carbocycles. The molecule has 2 heterocycles. The first-order valence-corrected chi connectivity index (χ1v) is 13.1. The van der Waals surface area contributed by atoms with Gasteiger partial charge in [0.2, 0.25) is 5.91 Å². The molecule has 1 atom stereocenters. The molecular weight excluding hydrogens is 427 g/mol. The first kappa shape index (κ1) is 21.3. The lowest BCUT2D eigenvalue weighted by atomic mass is 9.95. The van der Waals surface area contributed by atoms with E-state index in [1.807, 2.05) is 4.57 Å². The Labute approximate surface area is 179 Å². The van der Waals surface area contributed by atoms with Gasteiger partial charge in [0.15, 0.2) is 20.8 Å². The van der Waals surface area contributed by atoms with E-state index in [0.29, 0.717) is 23.0 Å². The molecule has 2 aromatic rings. The lowest BCUT2D eigenvalue weighted by molar-refractivity contribution is -0.119. The van der Waals surface area contributed by atoms with E-state index in [1.165, 1.54) is 24.2 Å². The highest BCUT2D eigenvalue weighted by Crippen LogP contribution is 2.36. The number of benzene rings is 1. The highest BCUT2D eigenvalue weighted by molar-refractivity contribution is 7.99. The molecule has 0 bridgehead atoms. The van der Waals surface area contributed by atoms with Crippen LogP contribution in [0.25, 0.3) is 11.4 Å². The molecule has 0 spiro atoms. The third kappa shape index (κ3) is 4.85. The van der Waals surface area contributed by atoms with E-state index < -0.39 is 9.84 Å². The first-order valence-electron chi connectivity index (χ1n) is 10.3. The predicted octanol–water partition coefficient (Wildman–Crippen LogP) is 2.98. The molecule has 1 amide bonds. The summed E-state index contributed by atoms with van der Waals surface area (Å²) in [4.78, 5) is 12.4. The van der Waals surface area contributed by atoms with Crippen LogP contribution in [0.4, 0.5) is 4.39 Å². The summed E-state index contributed by atoms with van der Waals surface area (Å²) in [6.45, 7) is 0. The maximum absolute atomic E-state index is 14.4. The maximum Gasteiger partial charge on any atom is 0.230 e. The zero-order chi connectivity index (χ0) is 21.1. The van der Waals surface area contributed by atoms with Gasteiger partial charge in [0.25, 0.3) is 0 Å². The van der Waals surface area contributed by atoms with Gasteiger partial charge in [-0.15, -0.1) is 10.2 Å². The number of carbonyl (C=O) groups is 1. The molecule has 4 rings (SSSR count). The van der Waals surface area contributed by atoms with Gasteiger partial charge in [0, 0.05) is 12.1 Å². The predicted molar refractivity (Wildman–Crippen MR) is 113 cm³/mol. The molecule has 2 fully saturated rings. The standard InChI is InChI=1S/C20H25FN4O3S2/c21-17-9-5-4-8-16(17)19-23-24-20(25(19)15-6-2-1-3-7-15)29-12-18(26)22-14-10-11-30(27,28)13-14/h4-5,8-9,14-15H,1-3,6-7,10-13H2,(H,22,26)/t14-/m1/s1. The molecule has 2 aliphatic rings. The van der Waals surface area contributed by atoms with Gasteiger partial charge < -0.3 is 5.32 Å². The largest absolute Gasteiger partial charge is 0.352 e. The van der Waals surface area contributed by atoms with Gasteiger partial charge in [0.05, 0.1) is 22.8 Å². The van der Waals surface area contributed by atoms with Crippen molar-refractivity contribution in [2.45, 2.75) is 55.8 Å². The fourth-order valence-electron chi connectivity index (χ4n) is 4.18. The molecule has 1 aliphatic heterocycles. The molecule has 0 unspecified atom stereocenters. The Morgan fingerprint density at radius 1 is 1.17 bits per heavy atom. The van der Waals surface area contributed by atoms with Crippen molar-refractivity contribution >= 4 is 27.5 Å². The monoisotopic (exact) mass is 452 g/mol. The van der Waals surface area contributed by atoms with E-state index in [0.717, 1.165) is 25.7 Å². The van der Waals surface area contributed by atoms with Gasteiger partial charge in [-0.2, -0.15) is 0 Å². The number of halogens is 1. The summed E-state index contributed by atoms with van der Waals surface area (Å²) < 4.78 is 39.6. The van der Waals surface area contributed by atoms with Crippen LogP contribution in [0.3, 0.4) is 0 Å². The van der Waals surface area contributed by atoms with Crippen LogP contribution in [0.15, 0.2) is 29.4 Å². The molecule has 1 N–H and O–H groups in total. The van der Waals surface area contributed by atoms with Crippen molar-refractivity contribution in [2.24, 2.45) is 0 Å². The minimum Gasteiger partial charge on any atom is -0.352 e. The van der Waals surface area contributed by atoms with E-state index in [2.05, 4.69) is 15.5 Å². The minimum absolute atomic E-state index is 0.000897. The lowest BCUT2D eigenvalue weighted by Crippen LogP contribution is -2.36. The third-order valence-electron chi connectivity index (χ3n) is 5.65. The number of rotatable bonds is 6. The van der Waals surface area contributed by atoms with Gasteiger partial charge in [-0.25, -0.2) is 12.8 Å². The molecule has 1 saturated carbocycles. The molecular formula is C20H25FN4O3S2. The number of nitrogens with zero attached hydrogens (tertiary/aromatic N) is 3. The Hall–Kier alpha value is -1.94. The number of hydrogen-bond acceptors (Lipinski definition) is 6. The summed E-state index contributed by atoms with van der Waals surface area (Å²) in [6.07, 6.45) is 5.77. The van der Waals surface area contributed by atoms with E-state index in [-0.39, 0.29) is 41.1 Å². The molecule has 162 valence electrons. The van der Waals surface area contributed by atoms with Gasteiger partial charge in [-0.3, -0.25) is 9.36 Å². The van der Waals surface area contributed by atoms with Crippen molar-refractivity contribution in [3.63, 3.8) is 0 Å². The highest BCUT2D eigenvalue weighted by Gasteiger charge is 2.29. The number of sulfone groups is 1. The SMILES string of the molecule is O=C(CSc1nnc(-c2ccccc2F)n1C1CCCCC1)N[C@@H]1CCS(=O)(=O)C1. The third-order valence-corrected chi connectivity index (χ3v) is 8.36. The van der Waals surface area contributed by atoms with E-state index in [9.17, 15) is 17.6 Å². The van der Waals surface area contributed by atoms with Crippen LogP contribution in [-0.2, 0) is 14.6 Å². The molecule has 1 aliphatic carbocycles. The molecule has 1 aromatic heterocycles. The Bertz CT molecular complexity index is 1020. The van der Waals surface area contributed by atoms with E-state index in [1.54, 1.807) is 18.2 Å². The van der Waals surface area contributed by atoms with Gasteiger partial charge in [-0.1, -0.05) is 43.2 Å². The van der Waals surface area contributed by atoms with E-state index >= 15 is 0 Å². The topological polar surface area (TPSA) is 93.9 Å². The van der Waals surface area contributed by atoms with Crippen LogP contribution in [0.1, 0.15) is 44.6 Å². The fraction of sp³-hybridized carbons (Fsp3) is 0.550. The van der Waals surface area contributed by atoms with Crippen LogP contribution in [0.5, 0.6) is 0 Å². The average molecular weight is 453 g/mol. The number of carbonyl (C=O) groups excluding carboxylic acids is 1. The minimum atomic E-state index is -3.04. The summed E-state index contributed by atoms with van der Waals surface area (Å²) in [5.74, 6) is 0.140. The maximum atomic E-state index is 14.4. The summed E-state index contributed by atoms with van der Waals surface area (Å²) >= 11 is 1.26. The van der Waals surface area contributed by atoms with Crippen molar-refractivity contribution in [1.29, 1.82) is 0 Å². The van der Waals surface area contributed by atoms with Crippen LogP contribution in [0.2, 0.25) is 0 Å². The Kier molecular flexibility index (Phi) is 6.43. The fourth-order valence-corrected chi connectivity index (χ4v) is 6.67. The van der Waals surface area contributed by atoms with Crippen LogP contribution in [-0.4, -0.2) is 52.4 Å². The highest BCUT2D eigenvalue weighted by atomic mass is 32.2. The summed E-state index contributed by atoms with van der Waals surface area (Å²) in [6, 6.07) is 6.37. The number of aromatic nitrogens is 3. The zero-order valence-electron chi connectivity index (χ0n) is 16.6. The van der Waals surface area contributed by atoms with E-state index in [4.69, 9.17) is 0 Å². The van der Waals surface area contributed by atoms with Gasteiger partial charge in [-0.05, 0) is 31.4 Å². The molecule has 30 heavy (non-hydrogen) atoms. The average Bonchev–Trinajstić information content (AvgIpc) is 3.30. The van der Waals surface area contributed by atoms with Crippen molar-refractivity contribution < 1.29 is 17.6 Å². The molecule has 10 heteroatoms. The molecule has 7 nitrogen and oxygen atoms in total. The number of nitrogens with one attached hydrogen (secondary N) is 1. The number of thioether (sulfide) groups is 1. The Morgan fingerprint density at radius 3 is 2.63 bits per heavy atom. The zero-order valence-corrected chi connectivity index (χ0v) is 18.2. The normalized spacial score (nSPS) is 21.6. The number of hydrogen-bond donors (Lipinski definition) is 1. The summed E-state index contributed by atoms with van der Waals surface area (Å²) in [5, 5.41) is 11.9. The summed E-state index contributed by atoms with van der Waals surface area (Å²) in [5.41, 5.74) is 0.406. The first-order chi connectivity index (χ1) is 14.4. The van der Waals surface area contributed by atoms with Crippen molar-refractivity contribution in [1.82, 2.24) is 20.1 Å². The lowest BCUT2D eigenvalue weighted by Gasteiger charge is -2.25. The van der Waals surface area contributed by atoms with Gasteiger partial charge in [0.1, 0.15) is 5.82 Å². The second-order valence-corrected chi connectivity index (χ2v) is 11.1. The van der Waals surface area contributed by atoms with Crippen LogP contribution in [0, 0.1) is 5.82 Å². The van der Waals surface area contributed by atoms with Crippen LogP contribution >= 0.6 is 11.8 Å². The quantitative estimate of drug-likeness (QED) is 0.677. The number of amides is 1. The Morgan fingerprint density at radius 2 is 1.93 bits per heavy atom. The second kappa shape index (κ2) is 9.05. The summed E-state index contributed by atoms with van der Waals surface area (Å²) in [7, 11) is -3.04. The molecule has 0 radical (unpaired) electrons. The van der Waals surface area contributed by atoms with Crippen molar-refractivity contribution in [3.8, 4) is 11.4 Å². The molecule has 1 saturated heterocycles. The van der Waals surface area contributed by atoms with Crippen LogP contribution < -0.4 is 5.32 Å². The van der Waals surface area contributed by atoms with Crippen molar-refractivity contribution in [3.05, 3.63) is 30.1 Å². The van der Waals surface area contributed by atoms with Crippen molar-refractivity contribution in [2.75, 3.05) is 17.3 Å². The van der Waals surface area contributed by atoms with Gasteiger partial charge >= 0.3 is 0 Å². The second-order valence-electron chi connectivity index (χ2n) is 7.90. The smallest absolute Gasteiger partial charge is 0.230 e.